The standard InChI is InChI=1S/C23H25IN2O9S/c1-26(2)16-11-5-8-4-10-12(24)6-9(7-36(3,34)35)17(27)14(10)18(28)13(8)20(30)23(11,33)21(31)15(19(16)29)22(25)32/h6,8,11,13,15-16,27,33H,4-5,7H2,1-3H3,(H2,25,32)/t8-,11-,13?,15?,16-,23-/m0/s1. The highest BCUT2D eigenvalue weighted by Gasteiger charge is 2.69. The Hall–Kier alpha value is -2.23. The summed E-state index contributed by atoms with van der Waals surface area (Å²) in [6, 6.07) is 0.300. The number of sulfone groups is 1. The quantitative estimate of drug-likeness (QED) is 0.275. The van der Waals surface area contributed by atoms with Crippen molar-refractivity contribution in [2.45, 2.75) is 30.2 Å². The summed E-state index contributed by atoms with van der Waals surface area (Å²) in [6.07, 6.45) is 1.05. The van der Waals surface area contributed by atoms with Crippen molar-refractivity contribution < 1.29 is 42.6 Å². The third-order valence-corrected chi connectivity index (χ3v) is 9.30. The van der Waals surface area contributed by atoms with Crippen LogP contribution >= 0.6 is 22.6 Å². The highest BCUT2D eigenvalue weighted by molar-refractivity contribution is 14.1. The molecule has 6 atom stereocenters. The van der Waals surface area contributed by atoms with Crippen LogP contribution in [0.4, 0.5) is 0 Å². The van der Waals surface area contributed by atoms with Crippen LogP contribution in [0.15, 0.2) is 6.07 Å². The number of aliphatic hydroxyl groups is 1. The van der Waals surface area contributed by atoms with Gasteiger partial charge < -0.3 is 15.9 Å². The van der Waals surface area contributed by atoms with E-state index in [1.165, 1.54) is 25.1 Å². The minimum absolute atomic E-state index is 0.00639. The number of aromatic hydroxyl groups is 1. The van der Waals surface area contributed by atoms with Gasteiger partial charge in [0, 0.05) is 21.3 Å². The van der Waals surface area contributed by atoms with Crippen LogP contribution in [-0.4, -0.2) is 84.6 Å². The predicted octanol–water partition coefficient (Wildman–Crippen LogP) is -0.984. The second-order valence-electron chi connectivity index (χ2n) is 10.1. The lowest BCUT2D eigenvalue weighted by atomic mass is 9.52. The molecule has 2 unspecified atom stereocenters. The highest BCUT2D eigenvalue weighted by atomic mass is 127. The Morgan fingerprint density at radius 2 is 1.83 bits per heavy atom. The number of carbonyl (C=O) groups is 5. The van der Waals surface area contributed by atoms with Gasteiger partial charge in [-0.05, 0) is 67.1 Å². The van der Waals surface area contributed by atoms with Crippen molar-refractivity contribution in [3.8, 4) is 5.75 Å². The van der Waals surface area contributed by atoms with Crippen LogP contribution in [0.1, 0.15) is 27.9 Å². The first-order valence-electron chi connectivity index (χ1n) is 11.1. The van der Waals surface area contributed by atoms with Crippen molar-refractivity contribution in [2.75, 3.05) is 20.4 Å². The number of rotatable bonds is 4. The monoisotopic (exact) mass is 632 g/mol. The van der Waals surface area contributed by atoms with E-state index in [-0.39, 0.29) is 24.0 Å². The number of phenols is 1. The summed E-state index contributed by atoms with van der Waals surface area (Å²) < 4.78 is 24.2. The van der Waals surface area contributed by atoms with E-state index in [0.29, 0.717) is 9.13 Å². The molecule has 194 valence electrons. The van der Waals surface area contributed by atoms with E-state index < -0.39 is 85.7 Å². The normalized spacial score (nSPS) is 32.2. The number of hydrogen-bond donors (Lipinski definition) is 3. The summed E-state index contributed by atoms with van der Waals surface area (Å²) in [7, 11) is -0.542. The van der Waals surface area contributed by atoms with Crippen molar-refractivity contribution in [3.63, 3.8) is 0 Å². The number of primary amides is 1. The first-order chi connectivity index (χ1) is 16.5. The third kappa shape index (κ3) is 3.82. The molecular weight excluding hydrogens is 607 g/mol. The van der Waals surface area contributed by atoms with Crippen LogP contribution in [0, 0.1) is 27.2 Å². The van der Waals surface area contributed by atoms with Crippen LogP contribution in [-0.2, 0) is 41.2 Å². The molecule has 3 aliphatic rings. The Bertz CT molecular complexity index is 1360. The van der Waals surface area contributed by atoms with Crippen molar-refractivity contribution in [2.24, 2.45) is 29.4 Å². The first kappa shape index (κ1) is 26.8. The maximum Gasteiger partial charge on any atom is 0.235 e. The summed E-state index contributed by atoms with van der Waals surface area (Å²) in [5.41, 5.74) is 2.70. The molecule has 1 aromatic carbocycles. The molecule has 0 spiro atoms. The lowest BCUT2D eigenvalue weighted by Gasteiger charge is -2.52. The van der Waals surface area contributed by atoms with Gasteiger partial charge in [0.2, 0.25) is 5.91 Å². The summed E-state index contributed by atoms with van der Waals surface area (Å²) in [5, 5.41) is 22.4. The molecule has 11 nitrogen and oxygen atoms in total. The number of halogens is 1. The van der Waals surface area contributed by atoms with Crippen LogP contribution < -0.4 is 5.73 Å². The number of nitrogens with two attached hydrogens (primary N) is 1. The molecular formula is C23H25IN2O9S. The van der Waals surface area contributed by atoms with Crippen molar-refractivity contribution in [1.29, 1.82) is 0 Å². The Morgan fingerprint density at radius 1 is 1.22 bits per heavy atom. The number of Topliss-reactive ketones (excluding diaryl/α,β-unsaturated/α-hetero) is 4. The van der Waals surface area contributed by atoms with E-state index in [1.807, 2.05) is 22.6 Å². The van der Waals surface area contributed by atoms with Gasteiger partial charge in [0.25, 0.3) is 0 Å². The zero-order valence-corrected chi connectivity index (χ0v) is 22.6. The van der Waals surface area contributed by atoms with E-state index in [2.05, 4.69) is 0 Å². The molecule has 1 amide bonds. The van der Waals surface area contributed by atoms with Gasteiger partial charge in [-0.15, -0.1) is 0 Å². The van der Waals surface area contributed by atoms with Gasteiger partial charge in [-0.2, -0.15) is 0 Å². The Morgan fingerprint density at radius 3 is 2.36 bits per heavy atom. The zero-order chi connectivity index (χ0) is 27.1. The number of likely N-dealkylation sites (N-methyl/N-ethyl adjacent to an activating group) is 1. The molecule has 0 bridgehead atoms. The van der Waals surface area contributed by atoms with Crippen LogP contribution in [0.2, 0.25) is 0 Å². The molecule has 0 heterocycles. The second kappa shape index (κ2) is 8.67. The first-order valence-corrected chi connectivity index (χ1v) is 14.2. The largest absolute Gasteiger partial charge is 0.507 e. The zero-order valence-electron chi connectivity index (χ0n) is 19.6. The maximum atomic E-state index is 13.7. The predicted molar refractivity (Wildman–Crippen MR) is 133 cm³/mol. The molecule has 2 saturated carbocycles. The van der Waals surface area contributed by atoms with Crippen molar-refractivity contribution in [3.05, 3.63) is 26.3 Å². The highest BCUT2D eigenvalue weighted by Crippen LogP contribution is 2.51. The van der Waals surface area contributed by atoms with Gasteiger partial charge >= 0.3 is 0 Å². The van der Waals surface area contributed by atoms with Crippen LogP contribution in [0.25, 0.3) is 0 Å². The lowest BCUT2D eigenvalue weighted by Crippen LogP contribution is -2.74. The number of benzene rings is 1. The van der Waals surface area contributed by atoms with Crippen molar-refractivity contribution >= 4 is 61.5 Å². The number of ketones is 4. The van der Waals surface area contributed by atoms with E-state index in [4.69, 9.17) is 5.73 Å². The molecule has 4 rings (SSSR count). The maximum absolute atomic E-state index is 13.7. The van der Waals surface area contributed by atoms with E-state index in [1.54, 1.807) is 0 Å². The number of phenolic OH excluding ortho intramolecular Hbond substituents is 1. The minimum atomic E-state index is -3.57. The molecule has 1 aromatic rings. The molecule has 0 aliphatic heterocycles. The number of nitrogens with zero attached hydrogens (tertiary/aromatic N) is 1. The average molecular weight is 632 g/mol. The van der Waals surface area contributed by atoms with E-state index in [9.17, 15) is 42.6 Å². The SMILES string of the molecule is CN(C)[C@@H]1C(=O)C(C(N)=O)C(=O)[C@@]2(O)C(=O)C3C(=O)c4c(O)c(CS(C)(=O)=O)cc(I)c4C[C@H]3C[C@@H]12. The molecule has 2 fully saturated rings. The van der Waals surface area contributed by atoms with Gasteiger partial charge in [-0.1, -0.05) is 0 Å². The molecule has 0 radical (unpaired) electrons. The summed E-state index contributed by atoms with van der Waals surface area (Å²) in [5.74, 6) is -12.0. The van der Waals surface area contributed by atoms with Gasteiger partial charge in [0.05, 0.1) is 23.3 Å². The topological polar surface area (TPSA) is 189 Å². The lowest BCUT2D eigenvalue weighted by molar-refractivity contribution is -0.181. The molecule has 0 saturated heterocycles. The third-order valence-electron chi connectivity index (χ3n) is 7.50. The molecule has 13 heteroatoms. The van der Waals surface area contributed by atoms with Crippen LogP contribution in [0.5, 0.6) is 5.75 Å². The van der Waals surface area contributed by atoms with Gasteiger partial charge in [-0.25, -0.2) is 8.42 Å². The Balaban J connectivity index is 1.87. The van der Waals surface area contributed by atoms with Gasteiger partial charge in [0.15, 0.2) is 44.5 Å². The Kier molecular flexibility index (Phi) is 6.46. The fourth-order valence-electron chi connectivity index (χ4n) is 6.07. The average Bonchev–Trinajstić information content (AvgIpc) is 2.72. The smallest absolute Gasteiger partial charge is 0.235 e. The van der Waals surface area contributed by atoms with Gasteiger partial charge in [-0.3, -0.25) is 28.9 Å². The summed E-state index contributed by atoms with van der Waals surface area (Å²) in [6.45, 7) is 0. The Labute approximate surface area is 220 Å². The van der Waals surface area contributed by atoms with Gasteiger partial charge in [0.1, 0.15) is 5.75 Å². The number of fused-ring (bicyclic) bond motifs is 3. The van der Waals surface area contributed by atoms with Crippen LogP contribution in [0.3, 0.4) is 0 Å². The number of carbonyl (C=O) groups excluding carboxylic acids is 5. The van der Waals surface area contributed by atoms with E-state index >= 15 is 0 Å². The fourth-order valence-corrected chi connectivity index (χ4v) is 7.72. The molecule has 4 N–H and O–H groups in total. The summed E-state index contributed by atoms with van der Waals surface area (Å²) >= 11 is 1.93. The molecule has 0 aromatic heterocycles. The number of amides is 1. The van der Waals surface area contributed by atoms with Crippen molar-refractivity contribution in [1.82, 2.24) is 4.90 Å². The number of hydrogen-bond acceptors (Lipinski definition) is 10. The molecule has 3 aliphatic carbocycles. The summed E-state index contributed by atoms with van der Waals surface area (Å²) in [4.78, 5) is 67.1. The minimum Gasteiger partial charge on any atom is -0.507 e. The second-order valence-corrected chi connectivity index (χ2v) is 13.4. The van der Waals surface area contributed by atoms with E-state index in [0.717, 1.165) is 6.26 Å². The fraction of sp³-hybridized carbons (Fsp3) is 0.522. The molecule has 36 heavy (non-hydrogen) atoms.